The van der Waals surface area contributed by atoms with Gasteiger partial charge in [-0.15, -0.1) is 0 Å². The maximum Gasteiger partial charge on any atom is 0.220 e. The molecule has 2 heterocycles. The smallest absolute Gasteiger partial charge is 0.220 e. The van der Waals surface area contributed by atoms with Gasteiger partial charge in [0.05, 0.1) is 6.26 Å². The number of carbonyl (C=O) groups is 1. The van der Waals surface area contributed by atoms with Crippen LogP contribution in [0.15, 0.2) is 0 Å². The second kappa shape index (κ2) is 6.87. The molecule has 0 aromatic heterocycles. The fraction of sp³-hybridized carbons (Fsp3) is 0.923. The standard InChI is InChI=1S/C13H25N3O3S/c1-20(18,19)16-8-5-12(6-9-16)15-13(17)3-2-11-4-7-14-10-11/h11-12,14H,2-10H2,1H3,(H,15,17). The molecule has 2 rings (SSSR count). The van der Waals surface area contributed by atoms with Crippen molar-refractivity contribution in [3.63, 3.8) is 0 Å². The number of carbonyl (C=O) groups excluding carboxylic acids is 1. The molecule has 0 aliphatic carbocycles. The van der Waals surface area contributed by atoms with Crippen LogP contribution in [-0.2, 0) is 14.8 Å². The van der Waals surface area contributed by atoms with E-state index in [0.29, 0.717) is 38.3 Å². The summed E-state index contributed by atoms with van der Waals surface area (Å²) < 4.78 is 24.3. The lowest BCUT2D eigenvalue weighted by Crippen LogP contribution is -2.46. The van der Waals surface area contributed by atoms with Crippen LogP contribution in [0.1, 0.15) is 32.1 Å². The molecule has 0 aromatic carbocycles. The molecule has 2 aliphatic rings. The molecular formula is C13H25N3O3S. The summed E-state index contributed by atoms with van der Waals surface area (Å²) in [5.41, 5.74) is 0. The molecule has 1 unspecified atom stereocenters. The van der Waals surface area contributed by atoms with E-state index in [1.807, 2.05) is 0 Å². The first-order valence-electron chi connectivity index (χ1n) is 7.40. The molecule has 0 saturated carbocycles. The summed E-state index contributed by atoms with van der Waals surface area (Å²) in [5, 5.41) is 6.34. The highest BCUT2D eigenvalue weighted by atomic mass is 32.2. The number of sulfonamides is 1. The number of nitrogens with zero attached hydrogens (tertiary/aromatic N) is 1. The Hall–Kier alpha value is -0.660. The summed E-state index contributed by atoms with van der Waals surface area (Å²) in [7, 11) is -3.09. The molecule has 7 heteroatoms. The van der Waals surface area contributed by atoms with Crippen molar-refractivity contribution >= 4 is 15.9 Å². The molecule has 1 amide bonds. The van der Waals surface area contributed by atoms with Gasteiger partial charge in [0.15, 0.2) is 0 Å². The van der Waals surface area contributed by atoms with Crippen LogP contribution < -0.4 is 10.6 Å². The average molecular weight is 303 g/mol. The van der Waals surface area contributed by atoms with Gasteiger partial charge in [0.2, 0.25) is 15.9 Å². The van der Waals surface area contributed by atoms with E-state index in [2.05, 4.69) is 10.6 Å². The van der Waals surface area contributed by atoms with Crippen molar-refractivity contribution < 1.29 is 13.2 Å². The zero-order valence-corrected chi connectivity index (χ0v) is 12.9. The zero-order valence-electron chi connectivity index (χ0n) is 12.1. The Morgan fingerprint density at radius 1 is 1.30 bits per heavy atom. The van der Waals surface area contributed by atoms with Crippen LogP contribution in [0.3, 0.4) is 0 Å². The molecular weight excluding hydrogens is 278 g/mol. The predicted molar refractivity (Wildman–Crippen MR) is 77.8 cm³/mol. The van der Waals surface area contributed by atoms with Crippen molar-refractivity contribution in [3.8, 4) is 0 Å². The first kappa shape index (κ1) is 15.7. The van der Waals surface area contributed by atoms with Crippen LogP contribution in [0.5, 0.6) is 0 Å². The quantitative estimate of drug-likeness (QED) is 0.744. The van der Waals surface area contributed by atoms with Gasteiger partial charge in [-0.3, -0.25) is 4.79 Å². The highest BCUT2D eigenvalue weighted by molar-refractivity contribution is 7.88. The van der Waals surface area contributed by atoms with E-state index in [-0.39, 0.29) is 11.9 Å². The molecule has 2 aliphatic heterocycles. The number of hydrogen-bond donors (Lipinski definition) is 2. The summed E-state index contributed by atoms with van der Waals surface area (Å²) in [6, 6.07) is 0.127. The Morgan fingerprint density at radius 2 is 2.00 bits per heavy atom. The second-order valence-corrected chi connectivity index (χ2v) is 7.88. The Morgan fingerprint density at radius 3 is 2.55 bits per heavy atom. The lowest BCUT2D eigenvalue weighted by molar-refractivity contribution is -0.122. The van der Waals surface area contributed by atoms with E-state index in [1.165, 1.54) is 17.0 Å². The Balaban J connectivity index is 1.65. The third-order valence-corrected chi connectivity index (χ3v) is 5.53. The Kier molecular flexibility index (Phi) is 5.40. The maximum atomic E-state index is 11.9. The molecule has 20 heavy (non-hydrogen) atoms. The Labute approximate surface area is 121 Å². The molecule has 2 fully saturated rings. The van der Waals surface area contributed by atoms with Crippen LogP contribution in [0.2, 0.25) is 0 Å². The molecule has 0 aromatic rings. The number of piperidine rings is 1. The molecule has 1 atom stereocenters. The van der Waals surface area contributed by atoms with Crippen LogP contribution in [-0.4, -0.2) is 57.1 Å². The number of amides is 1. The van der Waals surface area contributed by atoms with Gasteiger partial charge in [0, 0.05) is 25.6 Å². The van der Waals surface area contributed by atoms with Gasteiger partial charge in [0.1, 0.15) is 0 Å². The van der Waals surface area contributed by atoms with Gasteiger partial charge in [-0.2, -0.15) is 0 Å². The summed E-state index contributed by atoms with van der Waals surface area (Å²) >= 11 is 0. The molecule has 116 valence electrons. The van der Waals surface area contributed by atoms with E-state index in [1.54, 1.807) is 0 Å². The molecule has 2 saturated heterocycles. The van der Waals surface area contributed by atoms with Crippen LogP contribution in [0.4, 0.5) is 0 Å². The van der Waals surface area contributed by atoms with Gasteiger partial charge in [0.25, 0.3) is 0 Å². The monoisotopic (exact) mass is 303 g/mol. The summed E-state index contributed by atoms with van der Waals surface area (Å²) in [6.45, 7) is 3.11. The molecule has 0 radical (unpaired) electrons. The minimum absolute atomic E-state index is 0.106. The Bertz CT molecular complexity index is 424. The average Bonchev–Trinajstić information content (AvgIpc) is 2.89. The van der Waals surface area contributed by atoms with Crippen LogP contribution >= 0.6 is 0 Å². The second-order valence-electron chi connectivity index (χ2n) is 5.90. The van der Waals surface area contributed by atoms with Gasteiger partial charge in [-0.05, 0) is 44.7 Å². The number of hydrogen-bond acceptors (Lipinski definition) is 4. The van der Waals surface area contributed by atoms with E-state index in [9.17, 15) is 13.2 Å². The number of rotatable bonds is 5. The molecule has 0 spiro atoms. The fourth-order valence-corrected chi connectivity index (χ4v) is 3.80. The van der Waals surface area contributed by atoms with Gasteiger partial charge >= 0.3 is 0 Å². The van der Waals surface area contributed by atoms with Crippen LogP contribution in [0.25, 0.3) is 0 Å². The normalized spacial score (nSPS) is 25.8. The van der Waals surface area contributed by atoms with Crippen molar-refractivity contribution in [2.75, 3.05) is 32.4 Å². The van der Waals surface area contributed by atoms with E-state index in [0.717, 1.165) is 19.5 Å². The third kappa shape index (κ3) is 4.71. The topological polar surface area (TPSA) is 78.5 Å². The highest BCUT2D eigenvalue weighted by Gasteiger charge is 2.25. The van der Waals surface area contributed by atoms with Crippen LogP contribution in [0, 0.1) is 5.92 Å². The lowest BCUT2D eigenvalue weighted by Gasteiger charge is -2.30. The van der Waals surface area contributed by atoms with E-state index >= 15 is 0 Å². The van der Waals surface area contributed by atoms with Gasteiger partial charge in [-0.25, -0.2) is 12.7 Å². The van der Waals surface area contributed by atoms with Crippen molar-refractivity contribution in [1.29, 1.82) is 0 Å². The lowest BCUT2D eigenvalue weighted by atomic mass is 10.0. The zero-order chi connectivity index (χ0) is 14.6. The molecule has 0 bridgehead atoms. The first-order chi connectivity index (χ1) is 9.45. The highest BCUT2D eigenvalue weighted by Crippen LogP contribution is 2.16. The maximum absolute atomic E-state index is 11.9. The van der Waals surface area contributed by atoms with Crippen molar-refractivity contribution in [3.05, 3.63) is 0 Å². The predicted octanol–water partition coefficient (Wildman–Crippen LogP) is -0.0837. The summed E-state index contributed by atoms with van der Waals surface area (Å²) in [5.74, 6) is 0.738. The van der Waals surface area contributed by atoms with Gasteiger partial charge in [-0.1, -0.05) is 0 Å². The molecule has 2 N–H and O–H groups in total. The SMILES string of the molecule is CS(=O)(=O)N1CCC(NC(=O)CCC2CCNC2)CC1. The minimum Gasteiger partial charge on any atom is -0.353 e. The molecule has 6 nitrogen and oxygen atoms in total. The van der Waals surface area contributed by atoms with Crippen molar-refractivity contribution in [2.24, 2.45) is 5.92 Å². The van der Waals surface area contributed by atoms with E-state index < -0.39 is 10.0 Å². The minimum atomic E-state index is -3.09. The fourth-order valence-electron chi connectivity index (χ4n) is 2.93. The van der Waals surface area contributed by atoms with E-state index in [4.69, 9.17) is 0 Å². The largest absolute Gasteiger partial charge is 0.353 e. The van der Waals surface area contributed by atoms with Crippen molar-refractivity contribution in [1.82, 2.24) is 14.9 Å². The first-order valence-corrected chi connectivity index (χ1v) is 9.25. The number of nitrogens with one attached hydrogen (secondary N) is 2. The summed E-state index contributed by atoms with van der Waals surface area (Å²) in [4.78, 5) is 11.9. The third-order valence-electron chi connectivity index (χ3n) is 4.23. The summed E-state index contributed by atoms with van der Waals surface area (Å²) in [6.07, 6.45) is 5.36. The van der Waals surface area contributed by atoms with Crippen molar-refractivity contribution in [2.45, 2.75) is 38.1 Å². The van der Waals surface area contributed by atoms with Gasteiger partial charge < -0.3 is 10.6 Å².